The van der Waals surface area contributed by atoms with Gasteiger partial charge in [0.25, 0.3) is 5.56 Å². The predicted molar refractivity (Wildman–Crippen MR) is 72.3 cm³/mol. The van der Waals surface area contributed by atoms with Crippen LogP contribution in [-0.2, 0) is 18.3 Å². The molecule has 1 aliphatic rings. The van der Waals surface area contributed by atoms with E-state index in [4.69, 9.17) is 4.74 Å². The lowest BCUT2D eigenvalue weighted by Gasteiger charge is -2.23. The third-order valence-corrected chi connectivity index (χ3v) is 3.69. The van der Waals surface area contributed by atoms with Crippen LogP contribution in [0.1, 0.15) is 19.3 Å². The van der Waals surface area contributed by atoms with E-state index in [1.54, 1.807) is 13.2 Å². The molecule has 1 aromatic rings. The molecule has 0 amide bonds. The summed E-state index contributed by atoms with van der Waals surface area (Å²) >= 11 is 1.95. The first-order valence-corrected chi connectivity index (χ1v) is 6.75. The van der Waals surface area contributed by atoms with E-state index in [2.05, 4.69) is 0 Å². The molecule has 2 rings (SSSR count). The number of aromatic nitrogens is 2. The smallest absolute Gasteiger partial charge is 0.330 e. The van der Waals surface area contributed by atoms with Gasteiger partial charge in [-0.05, 0) is 41.9 Å². The fourth-order valence-electron chi connectivity index (χ4n) is 2.00. The molecule has 1 atom stereocenters. The molecule has 0 saturated carbocycles. The summed E-state index contributed by atoms with van der Waals surface area (Å²) < 4.78 is 8.83. The zero-order valence-electron chi connectivity index (χ0n) is 9.69. The molecule has 1 saturated heterocycles. The summed E-state index contributed by atoms with van der Waals surface area (Å²) in [4.78, 5) is 23.8. The molecular formula is C11H15IN2O3. The SMILES string of the molecule is Cn1cc(I)c(=O)n(CC2CCCCO2)c1=O. The minimum atomic E-state index is -0.274. The lowest BCUT2D eigenvalue weighted by Crippen LogP contribution is -2.43. The van der Waals surface area contributed by atoms with Crippen molar-refractivity contribution in [2.24, 2.45) is 7.05 Å². The van der Waals surface area contributed by atoms with E-state index >= 15 is 0 Å². The van der Waals surface area contributed by atoms with E-state index < -0.39 is 0 Å². The van der Waals surface area contributed by atoms with Gasteiger partial charge in [-0.2, -0.15) is 0 Å². The van der Waals surface area contributed by atoms with Crippen molar-refractivity contribution in [1.82, 2.24) is 9.13 Å². The second-order valence-corrected chi connectivity index (χ2v) is 5.44. The number of ether oxygens (including phenoxy) is 1. The predicted octanol–water partition coefficient (Wildman–Crippen LogP) is 0.721. The minimum absolute atomic E-state index is 0.00708. The van der Waals surface area contributed by atoms with E-state index in [0.29, 0.717) is 10.1 Å². The average Bonchev–Trinajstić information content (AvgIpc) is 2.33. The third kappa shape index (κ3) is 2.79. The van der Waals surface area contributed by atoms with Crippen molar-refractivity contribution in [3.63, 3.8) is 0 Å². The summed E-state index contributed by atoms with van der Waals surface area (Å²) in [7, 11) is 1.65. The maximum absolute atomic E-state index is 11.9. The van der Waals surface area contributed by atoms with Gasteiger partial charge in [0.2, 0.25) is 0 Å². The van der Waals surface area contributed by atoms with Crippen LogP contribution < -0.4 is 11.2 Å². The molecule has 1 fully saturated rings. The number of nitrogens with zero attached hydrogens (tertiary/aromatic N) is 2. The summed E-state index contributed by atoms with van der Waals surface area (Å²) in [5.41, 5.74) is -0.493. The zero-order chi connectivity index (χ0) is 12.4. The van der Waals surface area contributed by atoms with Gasteiger partial charge in [-0.15, -0.1) is 0 Å². The number of rotatable bonds is 2. The summed E-state index contributed by atoms with van der Waals surface area (Å²) in [6.07, 6.45) is 4.64. The number of hydrogen-bond donors (Lipinski definition) is 0. The number of hydrogen-bond acceptors (Lipinski definition) is 3. The zero-order valence-corrected chi connectivity index (χ0v) is 11.8. The molecule has 0 N–H and O–H groups in total. The van der Waals surface area contributed by atoms with Crippen molar-refractivity contribution in [3.8, 4) is 0 Å². The van der Waals surface area contributed by atoms with Crippen LogP contribution in [0.2, 0.25) is 0 Å². The molecule has 1 aromatic heterocycles. The Balaban J connectivity index is 2.31. The molecule has 0 spiro atoms. The Morgan fingerprint density at radius 2 is 2.24 bits per heavy atom. The second-order valence-electron chi connectivity index (χ2n) is 4.27. The van der Waals surface area contributed by atoms with Gasteiger partial charge in [-0.1, -0.05) is 0 Å². The van der Waals surface area contributed by atoms with E-state index in [0.717, 1.165) is 25.9 Å². The maximum atomic E-state index is 11.9. The van der Waals surface area contributed by atoms with Crippen LogP contribution in [0.4, 0.5) is 0 Å². The Morgan fingerprint density at radius 1 is 1.47 bits per heavy atom. The van der Waals surface area contributed by atoms with Crippen molar-refractivity contribution in [2.45, 2.75) is 31.9 Å². The van der Waals surface area contributed by atoms with E-state index in [1.807, 2.05) is 22.6 Å². The topological polar surface area (TPSA) is 53.2 Å². The number of halogens is 1. The molecule has 2 heterocycles. The fourth-order valence-corrected chi connectivity index (χ4v) is 2.71. The molecule has 0 radical (unpaired) electrons. The molecule has 0 aromatic carbocycles. The third-order valence-electron chi connectivity index (χ3n) is 2.95. The highest BCUT2D eigenvalue weighted by molar-refractivity contribution is 14.1. The highest BCUT2D eigenvalue weighted by Gasteiger charge is 2.17. The highest BCUT2D eigenvalue weighted by Crippen LogP contribution is 2.13. The van der Waals surface area contributed by atoms with Gasteiger partial charge in [0.15, 0.2) is 0 Å². The molecular weight excluding hydrogens is 335 g/mol. The first-order valence-electron chi connectivity index (χ1n) is 5.67. The van der Waals surface area contributed by atoms with Crippen molar-refractivity contribution in [1.29, 1.82) is 0 Å². The highest BCUT2D eigenvalue weighted by atomic mass is 127. The molecule has 17 heavy (non-hydrogen) atoms. The van der Waals surface area contributed by atoms with E-state index in [-0.39, 0.29) is 17.4 Å². The molecule has 6 heteroatoms. The van der Waals surface area contributed by atoms with Crippen molar-refractivity contribution in [3.05, 3.63) is 30.6 Å². The molecule has 1 aliphatic heterocycles. The molecule has 1 unspecified atom stereocenters. The van der Waals surface area contributed by atoms with E-state index in [9.17, 15) is 9.59 Å². The Hall–Kier alpha value is -0.630. The summed E-state index contributed by atoms with van der Waals surface area (Å²) in [5, 5.41) is 0. The van der Waals surface area contributed by atoms with Crippen LogP contribution in [0.3, 0.4) is 0 Å². The molecule has 0 bridgehead atoms. The fraction of sp³-hybridized carbons (Fsp3) is 0.636. The Morgan fingerprint density at radius 3 is 2.88 bits per heavy atom. The van der Waals surface area contributed by atoms with Gasteiger partial charge in [0.1, 0.15) is 0 Å². The Bertz CT molecular complexity index is 480. The van der Waals surface area contributed by atoms with Crippen LogP contribution in [0.5, 0.6) is 0 Å². The number of aryl methyl sites for hydroxylation is 1. The Labute approximate surface area is 113 Å². The van der Waals surface area contributed by atoms with Gasteiger partial charge >= 0.3 is 5.69 Å². The van der Waals surface area contributed by atoms with Gasteiger partial charge < -0.3 is 9.30 Å². The van der Waals surface area contributed by atoms with Gasteiger partial charge in [0, 0.05) is 19.9 Å². The van der Waals surface area contributed by atoms with Crippen LogP contribution in [0, 0.1) is 3.57 Å². The summed E-state index contributed by atoms with van der Waals surface area (Å²) in [6, 6.07) is 0. The maximum Gasteiger partial charge on any atom is 0.330 e. The lowest BCUT2D eigenvalue weighted by molar-refractivity contribution is 0.00447. The van der Waals surface area contributed by atoms with Crippen molar-refractivity contribution in [2.75, 3.05) is 6.61 Å². The van der Waals surface area contributed by atoms with Crippen molar-refractivity contribution >= 4 is 22.6 Å². The van der Waals surface area contributed by atoms with Crippen LogP contribution in [0.15, 0.2) is 15.8 Å². The first-order chi connectivity index (χ1) is 8.09. The van der Waals surface area contributed by atoms with Gasteiger partial charge in [-0.3, -0.25) is 9.36 Å². The van der Waals surface area contributed by atoms with Gasteiger partial charge in [0.05, 0.1) is 16.2 Å². The summed E-state index contributed by atoms with van der Waals surface area (Å²) in [5.74, 6) is 0. The molecule has 94 valence electrons. The molecule has 0 aliphatic carbocycles. The van der Waals surface area contributed by atoms with Gasteiger partial charge in [-0.25, -0.2) is 4.79 Å². The van der Waals surface area contributed by atoms with Crippen LogP contribution >= 0.6 is 22.6 Å². The lowest BCUT2D eigenvalue weighted by atomic mass is 10.1. The van der Waals surface area contributed by atoms with Crippen molar-refractivity contribution < 1.29 is 4.74 Å². The van der Waals surface area contributed by atoms with E-state index in [1.165, 1.54) is 9.13 Å². The van der Waals surface area contributed by atoms with Crippen LogP contribution in [-0.4, -0.2) is 21.8 Å². The Kier molecular flexibility index (Phi) is 4.03. The standard InChI is InChI=1S/C11H15IN2O3/c1-13-7-9(12)10(15)14(11(13)16)6-8-4-2-3-5-17-8/h7-8H,2-6H2,1H3. The second kappa shape index (κ2) is 5.34. The monoisotopic (exact) mass is 350 g/mol. The quantitative estimate of drug-likeness (QED) is 0.739. The first kappa shape index (κ1) is 12.8. The average molecular weight is 350 g/mol. The normalized spacial score (nSPS) is 20.5. The minimum Gasteiger partial charge on any atom is -0.376 e. The largest absolute Gasteiger partial charge is 0.376 e. The summed E-state index contributed by atoms with van der Waals surface area (Å²) in [6.45, 7) is 1.09. The molecule has 5 nitrogen and oxygen atoms in total. The van der Waals surface area contributed by atoms with Crippen LogP contribution in [0.25, 0.3) is 0 Å².